The number of aromatic nitrogens is 3. The van der Waals surface area contributed by atoms with Gasteiger partial charge in [0, 0.05) is 18.1 Å². The van der Waals surface area contributed by atoms with Crippen molar-refractivity contribution >= 4 is 11.8 Å². The van der Waals surface area contributed by atoms with Gasteiger partial charge in [0.1, 0.15) is 5.75 Å². The van der Waals surface area contributed by atoms with Crippen LogP contribution in [0.15, 0.2) is 58.4 Å². The molecular weight excluding hydrogens is 298 g/mol. The van der Waals surface area contributed by atoms with E-state index in [4.69, 9.17) is 9.15 Å². The van der Waals surface area contributed by atoms with Crippen molar-refractivity contribution < 1.29 is 9.15 Å². The van der Waals surface area contributed by atoms with E-state index in [1.807, 2.05) is 49.5 Å². The molecule has 0 aliphatic rings. The zero-order valence-electron chi connectivity index (χ0n) is 12.1. The largest absolute Gasteiger partial charge is 0.493 e. The summed E-state index contributed by atoms with van der Waals surface area (Å²) in [6.45, 7) is 2.54. The van der Waals surface area contributed by atoms with Crippen molar-refractivity contribution in [1.82, 2.24) is 15.2 Å². The maximum Gasteiger partial charge on any atom is 0.277 e. The molecule has 0 saturated heterocycles. The van der Waals surface area contributed by atoms with Gasteiger partial charge in [0.15, 0.2) is 0 Å². The minimum atomic E-state index is 0.470. The Morgan fingerprint density at radius 1 is 1.14 bits per heavy atom. The Hall–Kier alpha value is -2.34. The van der Waals surface area contributed by atoms with E-state index >= 15 is 0 Å². The first kappa shape index (κ1) is 14.6. The second-order valence-corrected chi connectivity index (χ2v) is 5.38. The molecule has 6 heteroatoms. The van der Waals surface area contributed by atoms with Crippen LogP contribution in [0.1, 0.15) is 12.5 Å². The maximum atomic E-state index is 5.72. The molecule has 3 rings (SSSR count). The van der Waals surface area contributed by atoms with Crippen LogP contribution in [0.4, 0.5) is 0 Å². The number of pyridine rings is 1. The Kier molecular flexibility index (Phi) is 4.70. The topological polar surface area (TPSA) is 61.0 Å². The number of nitrogens with zero attached hydrogens (tertiary/aromatic N) is 3. The van der Waals surface area contributed by atoms with Crippen LogP contribution in [0.5, 0.6) is 5.75 Å². The first-order valence-corrected chi connectivity index (χ1v) is 7.93. The molecule has 0 aliphatic carbocycles. The molecule has 5 nitrogen and oxygen atoms in total. The first-order valence-electron chi connectivity index (χ1n) is 6.94. The molecule has 0 saturated carbocycles. The fourth-order valence-electron chi connectivity index (χ4n) is 1.93. The van der Waals surface area contributed by atoms with Crippen LogP contribution in [-0.4, -0.2) is 21.8 Å². The van der Waals surface area contributed by atoms with Crippen LogP contribution < -0.4 is 4.74 Å². The van der Waals surface area contributed by atoms with E-state index in [1.54, 1.807) is 6.20 Å². The van der Waals surface area contributed by atoms with Gasteiger partial charge < -0.3 is 9.15 Å². The summed E-state index contributed by atoms with van der Waals surface area (Å²) < 4.78 is 11.3. The molecule has 0 amide bonds. The van der Waals surface area contributed by atoms with E-state index in [1.165, 1.54) is 11.8 Å². The molecular formula is C16H15N3O2S. The lowest BCUT2D eigenvalue weighted by atomic mass is 10.2. The summed E-state index contributed by atoms with van der Waals surface area (Å²) in [4.78, 5) is 4.09. The second kappa shape index (κ2) is 7.09. The molecule has 22 heavy (non-hydrogen) atoms. The Bertz CT molecular complexity index is 731. The predicted octanol–water partition coefficient (Wildman–Crippen LogP) is 3.82. The molecule has 0 spiro atoms. The zero-order valence-corrected chi connectivity index (χ0v) is 12.9. The fourth-order valence-corrected chi connectivity index (χ4v) is 2.63. The predicted molar refractivity (Wildman–Crippen MR) is 84.7 cm³/mol. The van der Waals surface area contributed by atoms with Crippen LogP contribution >= 0.6 is 11.8 Å². The molecule has 2 aromatic heterocycles. The van der Waals surface area contributed by atoms with Crippen LogP contribution in [0, 0.1) is 0 Å². The Labute approximate surface area is 132 Å². The quantitative estimate of drug-likeness (QED) is 0.645. The SMILES string of the molecule is CCOc1ccccc1-c1nnc(SCc2cccnc2)o1. The minimum Gasteiger partial charge on any atom is -0.493 e. The first-order chi connectivity index (χ1) is 10.9. The molecule has 112 valence electrons. The van der Waals surface area contributed by atoms with Crippen LogP contribution in [0.3, 0.4) is 0 Å². The normalized spacial score (nSPS) is 10.6. The van der Waals surface area contributed by atoms with Crippen molar-refractivity contribution in [3.8, 4) is 17.2 Å². The zero-order chi connectivity index (χ0) is 15.2. The van der Waals surface area contributed by atoms with E-state index in [0.29, 0.717) is 17.7 Å². The average Bonchev–Trinajstić information content (AvgIpc) is 3.04. The molecule has 3 aromatic rings. The average molecular weight is 313 g/mol. The van der Waals surface area contributed by atoms with Gasteiger partial charge in [-0.3, -0.25) is 4.98 Å². The molecule has 0 N–H and O–H groups in total. The fraction of sp³-hybridized carbons (Fsp3) is 0.188. The van der Waals surface area contributed by atoms with E-state index in [2.05, 4.69) is 15.2 Å². The highest BCUT2D eigenvalue weighted by molar-refractivity contribution is 7.98. The van der Waals surface area contributed by atoms with Crippen molar-refractivity contribution in [1.29, 1.82) is 0 Å². The molecule has 0 bridgehead atoms. The number of hydrogen-bond acceptors (Lipinski definition) is 6. The van der Waals surface area contributed by atoms with Gasteiger partial charge in [0.05, 0.1) is 12.2 Å². The standard InChI is InChI=1S/C16H15N3O2S/c1-2-20-14-8-4-3-7-13(14)15-18-19-16(21-15)22-11-12-6-5-9-17-10-12/h3-10H,2,11H2,1H3. The summed E-state index contributed by atoms with van der Waals surface area (Å²) in [6.07, 6.45) is 3.58. The number of benzene rings is 1. The molecule has 0 unspecified atom stereocenters. The smallest absolute Gasteiger partial charge is 0.277 e. The van der Waals surface area contributed by atoms with E-state index in [9.17, 15) is 0 Å². The summed E-state index contributed by atoms with van der Waals surface area (Å²) >= 11 is 1.49. The van der Waals surface area contributed by atoms with Gasteiger partial charge in [-0.2, -0.15) is 0 Å². The molecule has 0 aliphatic heterocycles. The molecule has 1 aromatic carbocycles. The van der Waals surface area contributed by atoms with Crippen molar-refractivity contribution in [3.05, 3.63) is 54.4 Å². The third-order valence-electron chi connectivity index (χ3n) is 2.91. The lowest BCUT2D eigenvalue weighted by Crippen LogP contribution is -1.93. The molecule has 0 fully saturated rings. The summed E-state index contributed by atoms with van der Waals surface area (Å²) in [7, 11) is 0. The highest BCUT2D eigenvalue weighted by atomic mass is 32.2. The monoisotopic (exact) mass is 313 g/mol. The van der Waals surface area contributed by atoms with Crippen LogP contribution in [0.2, 0.25) is 0 Å². The number of rotatable bonds is 6. The second-order valence-electron chi connectivity index (χ2n) is 4.45. The lowest BCUT2D eigenvalue weighted by molar-refractivity contribution is 0.340. The Balaban J connectivity index is 1.74. The Morgan fingerprint density at radius 2 is 2.05 bits per heavy atom. The number of ether oxygens (including phenoxy) is 1. The highest BCUT2D eigenvalue weighted by Gasteiger charge is 2.13. The maximum absolute atomic E-state index is 5.72. The third-order valence-corrected chi connectivity index (χ3v) is 3.80. The van der Waals surface area contributed by atoms with Crippen molar-refractivity contribution in [2.75, 3.05) is 6.61 Å². The van der Waals surface area contributed by atoms with Gasteiger partial charge in [-0.15, -0.1) is 10.2 Å². The lowest BCUT2D eigenvalue weighted by Gasteiger charge is -2.06. The summed E-state index contributed by atoms with van der Waals surface area (Å²) in [5.41, 5.74) is 1.92. The molecule has 0 atom stereocenters. The van der Waals surface area contributed by atoms with Crippen molar-refractivity contribution in [3.63, 3.8) is 0 Å². The Morgan fingerprint density at radius 3 is 2.86 bits per heavy atom. The van der Waals surface area contributed by atoms with Crippen LogP contribution in [-0.2, 0) is 5.75 Å². The van der Waals surface area contributed by atoms with Gasteiger partial charge >= 0.3 is 0 Å². The van der Waals surface area contributed by atoms with Crippen molar-refractivity contribution in [2.24, 2.45) is 0 Å². The van der Waals surface area contributed by atoms with Gasteiger partial charge in [0.25, 0.3) is 11.1 Å². The van der Waals surface area contributed by atoms with Crippen LogP contribution in [0.25, 0.3) is 11.5 Å². The van der Waals surface area contributed by atoms with E-state index < -0.39 is 0 Å². The van der Waals surface area contributed by atoms with E-state index in [-0.39, 0.29) is 0 Å². The minimum absolute atomic E-state index is 0.470. The summed E-state index contributed by atoms with van der Waals surface area (Å²) in [5.74, 6) is 1.96. The number of hydrogen-bond donors (Lipinski definition) is 0. The van der Waals surface area contributed by atoms with Gasteiger partial charge in [-0.25, -0.2) is 0 Å². The summed E-state index contributed by atoms with van der Waals surface area (Å²) in [6, 6.07) is 11.6. The molecule has 0 radical (unpaired) electrons. The number of para-hydroxylation sites is 1. The third kappa shape index (κ3) is 3.46. The van der Waals surface area contributed by atoms with E-state index in [0.717, 1.165) is 22.6 Å². The highest BCUT2D eigenvalue weighted by Crippen LogP contribution is 2.31. The molecule has 2 heterocycles. The van der Waals surface area contributed by atoms with Gasteiger partial charge in [0.2, 0.25) is 0 Å². The van der Waals surface area contributed by atoms with Crippen molar-refractivity contribution in [2.45, 2.75) is 17.9 Å². The van der Waals surface area contributed by atoms with Gasteiger partial charge in [-0.1, -0.05) is 30.0 Å². The number of thioether (sulfide) groups is 1. The summed E-state index contributed by atoms with van der Waals surface area (Å²) in [5, 5.41) is 8.72. The van der Waals surface area contributed by atoms with Gasteiger partial charge in [-0.05, 0) is 30.7 Å².